The Morgan fingerprint density at radius 1 is 1.44 bits per heavy atom. The summed E-state index contributed by atoms with van der Waals surface area (Å²) in [7, 11) is 1.66. The number of piperazine rings is 1. The number of aromatic nitrogens is 1. The van der Waals surface area contributed by atoms with Crippen molar-refractivity contribution in [3.8, 4) is 0 Å². The lowest BCUT2D eigenvalue weighted by Crippen LogP contribution is -2.49. The lowest BCUT2D eigenvalue weighted by molar-refractivity contribution is -0.121. The molecule has 0 unspecified atom stereocenters. The first-order valence-corrected chi connectivity index (χ1v) is 6.08. The molecule has 3 N–H and O–H groups in total. The first-order chi connectivity index (χ1) is 8.70. The zero-order valence-electron chi connectivity index (χ0n) is 10.6. The Morgan fingerprint density at radius 3 is 2.78 bits per heavy atom. The number of nitrogens with two attached hydrogens (primary N) is 1. The van der Waals surface area contributed by atoms with E-state index in [0.717, 1.165) is 31.9 Å². The fourth-order valence-electron chi connectivity index (χ4n) is 2.12. The van der Waals surface area contributed by atoms with Gasteiger partial charge in [0.1, 0.15) is 0 Å². The lowest BCUT2D eigenvalue weighted by Gasteiger charge is -2.36. The molecule has 1 aromatic rings. The molecule has 1 aromatic heterocycles. The average Bonchev–Trinajstić information content (AvgIpc) is 2.40. The molecule has 2 heterocycles. The van der Waals surface area contributed by atoms with E-state index < -0.39 is 0 Å². The number of hydrogen-bond donors (Lipinski definition) is 2. The zero-order valence-corrected chi connectivity index (χ0v) is 10.6. The molecular weight excluding hydrogens is 230 g/mol. The quantitative estimate of drug-likeness (QED) is 0.757. The van der Waals surface area contributed by atoms with Gasteiger partial charge in [-0.25, -0.2) is 0 Å². The van der Waals surface area contributed by atoms with Gasteiger partial charge in [-0.05, 0) is 6.07 Å². The SMILES string of the molecule is CNC(=O)CN1CCN(c2ccncc2N)CC1. The summed E-state index contributed by atoms with van der Waals surface area (Å²) in [5.41, 5.74) is 7.64. The standard InChI is InChI=1S/C12H19N5O/c1-14-12(18)9-16-4-6-17(7-5-16)11-2-3-15-8-10(11)13/h2-3,8H,4-7,9,13H2,1H3,(H,14,18). The number of rotatable bonds is 3. The van der Waals surface area contributed by atoms with Crippen molar-refractivity contribution in [2.24, 2.45) is 0 Å². The Balaban J connectivity index is 1.91. The van der Waals surface area contributed by atoms with E-state index >= 15 is 0 Å². The van der Waals surface area contributed by atoms with E-state index in [-0.39, 0.29) is 5.91 Å². The van der Waals surface area contributed by atoms with Crippen LogP contribution in [-0.2, 0) is 4.79 Å². The van der Waals surface area contributed by atoms with Crippen LogP contribution in [0.5, 0.6) is 0 Å². The Kier molecular flexibility index (Phi) is 3.99. The van der Waals surface area contributed by atoms with Crippen LogP contribution in [0.3, 0.4) is 0 Å². The summed E-state index contributed by atoms with van der Waals surface area (Å²) in [6.45, 7) is 3.97. The van der Waals surface area contributed by atoms with Gasteiger partial charge in [0.15, 0.2) is 0 Å². The number of nitrogens with zero attached hydrogens (tertiary/aromatic N) is 3. The van der Waals surface area contributed by atoms with Crippen molar-refractivity contribution >= 4 is 17.3 Å². The third-order valence-electron chi connectivity index (χ3n) is 3.19. The van der Waals surface area contributed by atoms with E-state index in [1.165, 1.54) is 0 Å². The largest absolute Gasteiger partial charge is 0.396 e. The highest BCUT2D eigenvalue weighted by molar-refractivity contribution is 5.77. The summed E-state index contributed by atoms with van der Waals surface area (Å²) in [4.78, 5) is 19.7. The van der Waals surface area contributed by atoms with E-state index in [2.05, 4.69) is 20.1 Å². The van der Waals surface area contributed by atoms with Crippen LogP contribution in [0.2, 0.25) is 0 Å². The zero-order chi connectivity index (χ0) is 13.0. The molecule has 0 atom stereocenters. The molecule has 1 fully saturated rings. The van der Waals surface area contributed by atoms with Crippen LogP contribution in [0.4, 0.5) is 11.4 Å². The van der Waals surface area contributed by atoms with Crippen molar-refractivity contribution in [3.63, 3.8) is 0 Å². The second-order valence-corrected chi connectivity index (χ2v) is 4.37. The minimum absolute atomic E-state index is 0.0619. The molecule has 0 saturated carbocycles. The summed E-state index contributed by atoms with van der Waals surface area (Å²) in [6.07, 6.45) is 3.43. The van der Waals surface area contributed by atoms with E-state index in [1.54, 1.807) is 19.4 Å². The number of pyridine rings is 1. The molecule has 6 nitrogen and oxygen atoms in total. The third kappa shape index (κ3) is 2.89. The highest BCUT2D eigenvalue weighted by Gasteiger charge is 2.19. The molecule has 1 aliphatic rings. The molecule has 0 spiro atoms. The van der Waals surface area contributed by atoms with Gasteiger partial charge in [-0.2, -0.15) is 0 Å². The number of likely N-dealkylation sites (N-methyl/N-ethyl adjacent to an activating group) is 1. The van der Waals surface area contributed by atoms with Gasteiger partial charge in [0.25, 0.3) is 0 Å². The van der Waals surface area contributed by atoms with Crippen molar-refractivity contribution in [1.82, 2.24) is 15.2 Å². The van der Waals surface area contributed by atoms with Crippen molar-refractivity contribution < 1.29 is 4.79 Å². The highest BCUT2D eigenvalue weighted by atomic mass is 16.1. The van der Waals surface area contributed by atoms with Crippen molar-refractivity contribution in [3.05, 3.63) is 18.5 Å². The number of hydrogen-bond acceptors (Lipinski definition) is 5. The van der Waals surface area contributed by atoms with Crippen LogP contribution in [0.1, 0.15) is 0 Å². The van der Waals surface area contributed by atoms with Gasteiger partial charge < -0.3 is 16.0 Å². The van der Waals surface area contributed by atoms with Gasteiger partial charge in [-0.3, -0.25) is 14.7 Å². The predicted octanol–water partition coefficient (Wildman–Crippen LogP) is -0.468. The Labute approximate surface area is 107 Å². The van der Waals surface area contributed by atoms with Gasteiger partial charge in [0.05, 0.1) is 24.1 Å². The fourth-order valence-corrected chi connectivity index (χ4v) is 2.12. The number of amides is 1. The van der Waals surface area contributed by atoms with Gasteiger partial charge in [0, 0.05) is 39.4 Å². The molecule has 1 saturated heterocycles. The van der Waals surface area contributed by atoms with Crippen LogP contribution in [0, 0.1) is 0 Å². The van der Waals surface area contributed by atoms with Crippen LogP contribution in [0.25, 0.3) is 0 Å². The van der Waals surface area contributed by atoms with Crippen molar-refractivity contribution in [1.29, 1.82) is 0 Å². The molecule has 1 amide bonds. The Morgan fingerprint density at radius 2 is 2.17 bits per heavy atom. The minimum atomic E-state index is 0.0619. The van der Waals surface area contributed by atoms with Crippen LogP contribution in [-0.4, -0.2) is 55.6 Å². The molecule has 2 rings (SSSR count). The van der Waals surface area contributed by atoms with Gasteiger partial charge in [-0.15, -0.1) is 0 Å². The van der Waals surface area contributed by atoms with Gasteiger partial charge >= 0.3 is 0 Å². The molecule has 18 heavy (non-hydrogen) atoms. The highest BCUT2D eigenvalue weighted by Crippen LogP contribution is 2.22. The maximum absolute atomic E-state index is 11.3. The molecule has 0 aromatic carbocycles. The maximum atomic E-state index is 11.3. The molecule has 0 aliphatic carbocycles. The average molecular weight is 249 g/mol. The fraction of sp³-hybridized carbons (Fsp3) is 0.500. The molecule has 98 valence electrons. The molecule has 0 bridgehead atoms. The summed E-state index contributed by atoms with van der Waals surface area (Å²) < 4.78 is 0. The van der Waals surface area contributed by atoms with Crippen LogP contribution >= 0.6 is 0 Å². The number of carbonyl (C=O) groups is 1. The summed E-state index contributed by atoms with van der Waals surface area (Å²) in [6, 6.07) is 1.93. The number of nitrogen functional groups attached to an aromatic ring is 1. The first-order valence-electron chi connectivity index (χ1n) is 6.08. The topological polar surface area (TPSA) is 74.5 Å². The van der Waals surface area contributed by atoms with Crippen LogP contribution < -0.4 is 16.0 Å². The van der Waals surface area contributed by atoms with E-state index in [0.29, 0.717) is 12.2 Å². The van der Waals surface area contributed by atoms with E-state index in [1.807, 2.05) is 6.07 Å². The summed E-state index contributed by atoms with van der Waals surface area (Å²) >= 11 is 0. The van der Waals surface area contributed by atoms with E-state index in [4.69, 9.17) is 5.73 Å². The van der Waals surface area contributed by atoms with Gasteiger partial charge in [0.2, 0.25) is 5.91 Å². The molecule has 6 heteroatoms. The normalized spacial score (nSPS) is 16.6. The second-order valence-electron chi connectivity index (χ2n) is 4.37. The van der Waals surface area contributed by atoms with Crippen molar-refractivity contribution in [2.75, 3.05) is 50.4 Å². The summed E-state index contributed by atoms with van der Waals surface area (Å²) in [5, 5.41) is 2.64. The molecule has 0 radical (unpaired) electrons. The van der Waals surface area contributed by atoms with Crippen molar-refractivity contribution in [2.45, 2.75) is 0 Å². The second kappa shape index (κ2) is 5.68. The maximum Gasteiger partial charge on any atom is 0.233 e. The monoisotopic (exact) mass is 249 g/mol. The number of anilines is 2. The summed E-state index contributed by atoms with van der Waals surface area (Å²) in [5.74, 6) is 0.0619. The minimum Gasteiger partial charge on any atom is -0.396 e. The first kappa shape index (κ1) is 12.6. The molecule has 1 aliphatic heterocycles. The Hall–Kier alpha value is -1.82. The molecular formula is C12H19N5O. The third-order valence-corrected chi connectivity index (χ3v) is 3.19. The van der Waals surface area contributed by atoms with Gasteiger partial charge in [-0.1, -0.05) is 0 Å². The van der Waals surface area contributed by atoms with Crippen LogP contribution in [0.15, 0.2) is 18.5 Å². The Bertz CT molecular complexity index is 415. The predicted molar refractivity (Wildman–Crippen MR) is 71.4 cm³/mol. The van der Waals surface area contributed by atoms with E-state index in [9.17, 15) is 4.79 Å². The smallest absolute Gasteiger partial charge is 0.233 e. The lowest BCUT2D eigenvalue weighted by atomic mass is 10.2. The number of carbonyl (C=O) groups excluding carboxylic acids is 1. The number of nitrogens with one attached hydrogen (secondary N) is 1.